The highest BCUT2D eigenvalue weighted by Gasteiger charge is 2.34. The maximum Gasteiger partial charge on any atom is 0.251 e. The lowest BCUT2D eigenvalue weighted by Crippen LogP contribution is -2.42. The van der Waals surface area contributed by atoms with Crippen molar-refractivity contribution in [1.29, 1.82) is 0 Å². The molecule has 1 atom stereocenters. The number of fused-ring (bicyclic) bond motifs is 3. The molecule has 1 N–H and O–H groups in total. The monoisotopic (exact) mass is 581 g/mol. The van der Waals surface area contributed by atoms with E-state index >= 15 is 0 Å². The van der Waals surface area contributed by atoms with Gasteiger partial charge in [-0.3, -0.25) is 9.59 Å². The minimum Gasteiger partial charge on any atom is -0.454 e. The van der Waals surface area contributed by atoms with Crippen molar-refractivity contribution in [2.75, 3.05) is 18.9 Å². The first-order valence-corrected chi connectivity index (χ1v) is 13.4. The molecular weight excluding hydrogens is 557 g/mol. The van der Waals surface area contributed by atoms with Crippen molar-refractivity contribution < 1.29 is 32.9 Å². The van der Waals surface area contributed by atoms with E-state index in [-0.39, 0.29) is 26.7 Å². The van der Waals surface area contributed by atoms with Crippen molar-refractivity contribution >= 4 is 28.5 Å². The predicted molar refractivity (Wildman–Crippen MR) is 151 cm³/mol. The minimum absolute atomic E-state index is 0.000585. The summed E-state index contributed by atoms with van der Waals surface area (Å²) in [5.74, 6) is 0.732. The number of nitrogens with one attached hydrogen (secondary N) is 1. The first kappa shape index (κ1) is 26.3. The van der Waals surface area contributed by atoms with Crippen LogP contribution >= 0.6 is 0 Å². The molecule has 0 spiro atoms. The molecule has 4 aromatic carbocycles. The third kappa shape index (κ3) is 5.25. The highest BCUT2D eigenvalue weighted by molar-refractivity contribution is 5.98. The van der Waals surface area contributed by atoms with Crippen LogP contribution in [0.5, 0.6) is 23.0 Å². The number of halogens is 1. The summed E-state index contributed by atoms with van der Waals surface area (Å²) in [5, 5.41) is 11.2. The molecule has 0 saturated carbocycles. The molecule has 3 heterocycles. The zero-order chi connectivity index (χ0) is 29.3. The second kappa shape index (κ2) is 11.0. The van der Waals surface area contributed by atoms with Crippen molar-refractivity contribution in [1.82, 2.24) is 19.9 Å². The molecule has 2 aliphatic heterocycles. The van der Waals surface area contributed by atoms with Crippen LogP contribution in [-0.2, 0) is 22.7 Å². The fourth-order valence-corrected chi connectivity index (χ4v) is 5.10. The number of anilines is 1. The Morgan fingerprint density at radius 3 is 2.35 bits per heavy atom. The van der Waals surface area contributed by atoms with Gasteiger partial charge in [-0.25, -0.2) is 9.07 Å². The Labute approximate surface area is 244 Å². The zero-order valence-corrected chi connectivity index (χ0v) is 22.6. The average molecular weight is 582 g/mol. The Hall–Kier alpha value is -5.65. The summed E-state index contributed by atoms with van der Waals surface area (Å²) in [6.07, 6.45) is 0. The number of nitrogens with zero attached hydrogens (tertiary/aromatic N) is 4. The maximum absolute atomic E-state index is 14.2. The van der Waals surface area contributed by atoms with E-state index in [1.165, 1.54) is 21.7 Å². The van der Waals surface area contributed by atoms with Gasteiger partial charge in [0.25, 0.3) is 5.91 Å². The molecule has 11 nitrogen and oxygen atoms in total. The van der Waals surface area contributed by atoms with E-state index in [4.69, 9.17) is 18.9 Å². The first-order valence-electron chi connectivity index (χ1n) is 13.4. The number of hydrogen-bond acceptors (Lipinski definition) is 8. The molecule has 0 bridgehead atoms. The quantitative estimate of drug-likeness (QED) is 0.286. The van der Waals surface area contributed by atoms with Gasteiger partial charge in [0.2, 0.25) is 19.5 Å². The number of benzene rings is 4. The SMILES string of the molecule is O=C(Nc1ccc2c(c1)OCO2)[C@@H](c1ccc2c(c1)OCO2)N(Cc1ccc(F)cc1)C(=O)Cn1nnc2ccccc21. The van der Waals surface area contributed by atoms with Gasteiger partial charge >= 0.3 is 0 Å². The Kier molecular flexibility index (Phi) is 6.70. The molecule has 2 aliphatic rings. The standard InChI is InChI=1S/C31H24FN5O6/c32-21-8-5-19(6-9-21)15-36(29(38)16-37-24-4-2-1-3-23(24)34-35-37)30(20-7-11-25-27(13-20)42-17-40-25)31(39)33-22-10-12-26-28(14-22)43-18-41-26/h1-14,30H,15-18H2,(H,33,39)/t30-/m1/s1. The topological polar surface area (TPSA) is 117 Å². The van der Waals surface area contributed by atoms with E-state index in [2.05, 4.69) is 15.6 Å². The molecule has 0 unspecified atom stereocenters. The number of aromatic nitrogens is 3. The highest BCUT2D eigenvalue weighted by Crippen LogP contribution is 2.38. The zero-order valence-electron chi connectivity index (χ0n) is 22.6. The molecule has 1 aromatic heterocycles. The lowest BCUT2D eigenvalue weighted by molar-refractivity contribution is -0.140. The van der Waals surface area contributed by atoms with Gasteiger partial charge in [-0.2, -0.15) is 0 Å². The van der Waals surface area contributed by atoms with Gasteiger partial charge in [-0.1, -0.05) is 35.5 Å². The van der Waals surface area contributed by atoms with Crippen molar-refractivity contribution in [2.24, 2.45) is 0 Å². The number of hydrogen-bond donors (Lipinski definition) is 1. The Balaban J connectivity index is 1.28. The van der Waals surface area contributed by atoms with Crippen molar-refractivity contribution in [2.45, 2.75) is 19.1 Å². The van der Waals surface area contributed by atoms with Crippen molar-refractivity contribution in [3.63, 3.8) is 0 Å². The number of carbonyl (C=O) groups excluding carboxylic acids is 2. The summed E-state index contributed by atoms with van der Waals surface area (Å²) in [4.78, 5) is 29.8. The van der Waals surface area contributed by atoms with Gasteiger partial charge in [-0.15, -0.1) is 5.10 Å². The number of amides is 2. The lowest BCUT2D eigenvalue weighted by Gasteiger charge is -2.32. The largest absolute Gasteiger partial charge is 0.454 e. The van der Waals surface area contributed by atoms with Crippen molar-refractivity contribution in [3.8, 4) is 23.0 Å². The van der Waals surface area contributed by atoms with Gasteiger partial charge in [0.05, 0.1) is 5.52 Å². The normalized spacial score (nSPS) is 13.6. The summed E-state index contributed by atoms with van der Waals surface area (Å²) < 4.78 is 37.2. The Morgan fingerprint density at radius 1 is 0.860 bits per heavy atom. The van der Waals surface area contributed by atoms with Crippen LogP contribution in [0.4, 0.5) is 10.1 Å². The van der Waals surface area contributed by atoms with E-state index in [1.807, 2.05) is 18.2 Å². The molecule has 0 fully saturated rings. The van der Waals surface area contributed by atoms with Crippen LogP contribution in [0.15, 0.2) is 84.9 Å². The van der Waals surface area contributed by atoms with E-state index in [9.17, 15) is 14.0 Å². The molecule has 0 saturated heterocycles. The lowest BCUT2D eigenvalue weighted by atomic mass is 10.0. The number of para-hydroxylation sites is 1. The van der Waals surface area contributed by atoms with Crippen molar-refractivity contribution in [3.05, 3.63) is 102 Å². The molecule has 0 aliphatic carbocycles. The minimum atomic E-state index is -1.13. The molecule has 7 rings (SSSR count). The molecule has 43 heavy (non-hydrogen) atoms. The first-order chi connectivity index (χ1) is 21.0. The summed E-state index contributed by atoms with van der Waals surface area (Å²) >= 11 is 0. The summed E-state index contributed by atoms with van der Waals surface area (Å²) in [5.41, 5.74) is 2.87. The van der Waals surface area contributed by atoms with Gasteiger partial charge in [0, 0.05) is 18.3 Å². The van der Waals surface area contributed by atoms with Crippen LogP contribution in [-0.4, -0.2) is 45.3 Å². The predicted octanol–water partition coefficient (Wildman–Crippen LogP) is 4.44. The summed E-state index contributed by atoms with van der Waals surface area (Å²) in [6, 6.07) is 22.1. The van der Waals surface area contributed by atoms with Crippen LogP contribution in [0.25, 0.3) is 11.0 Å². The number of ether oxygens (including phenoxy) is 4. The second-order valence-electron chi connectivity index (χ2n) is 9.96. The van der Waals surface area contributed by atoms with E-state index in [0.29, 0.717) is 50.8 Å². The molecule has 216 valence electrons. The Morgan fingerprint density at radius 2 is 1.56 bits per heavy atom. The molecule has 2 amide bonds. The average Bonchev–Trinajstić information content (AvgIpc) is 3.77. The number of rotatable bonds is 8. The van der Waals surface area contributed by atoms with Crippen LogP contribution in [0.3, 0.4) is 0 Å². The van der Waals surface area contributed by atoms with Gasteiger partial charge in [-0.05, 0) is 59.7 Å². The molecular formula is C31H24FN5O6. The van der Waals surface area contributed by atoms with Gasteiger partial charge in [0.15, 0.2) is 23.0 Å². The second-order valence-corrected chi connectivity index (χ2v) is 9.96. The smallest absolute Gasteiger partial charge is 0.251 e. The van der Waals surface area contributed by atoms with Gasteiger partial charge in [0.1, 0.15) is 23.9 Å². The third-order valence-electron chi connectivity index (χ3n) is 7.20. The highest BCUT2D eigenvalue weighted by atomic mass is 19.1. The molecule has 12 heteroatoms. The summed E-state index contributed by atoms with van der Waals surface area (Å²) in [6.45, 7) is -0.0621. The van der Waals surface area contributed by atoms with Crippen LogP contribution in [0.2, 0.25) is 0 Å². The maximum atomic E-state index is 14.2. The van der Waals surface area contributed by atoms with Crippen LogP contribution in [0.1, 0.15) is 17.2 Å². The van der Waals surface area contributed by atoms with E-state index < -0.39 is 23.7 Å². The fraction of sp³-hybridized carbons (Fsp3) is 0.161. The number of carbonyl (C=O) groups is 2. The van der Waals surface area contributed by atoms with Gasteiger partial charge < -0.3 is 29.2 Å². The van der Waals surface area contributed by atoms with Crippen LogP contribution in [0, 0.1) is 5.82 Å². The summed E-state index contributed by atoms with van der Waals surface area (Å²) in [7, 11) is 0. The van der Waals surface area contributed by atoms with E-state index in [1.54, 1.807) is 54.6 Å². The molecule has 5 aromatic rings. The van der Waals surface area contributed by atoms with Crippen LogP contribution < -0.4 is 24.3 Å². The molecule has 0 radical (unpaired) electrons. The van der Waals surface area contributed by atoms with E-state index in [0.717, 1.165) is 0 Å². The Bertz CT molecular complexity index is 1840. The fourth-order valence-electron chi connectivity index (χ4n) is 5.10. The third-order valence-corrected chi connectivity index (χ3v) is 7.20.